The summed E-state index contributed by atoms with van der Waals surface area (Å²) >= 11 is 0. The largest absolute Gasteiger partial charge is 0.348 e. The van der Waals surface area contributed by atoms with Crippen LogP contribution >= 0.6 is 0 Å². The molecule has 0 saturated heterocycles. The third-order valence-corrected chi connectivity index (χ3v) is 2.39. The second-order valence-electron chi connectivity index (χ2n) is 3.50. The maximum atomic E-state index is 12.5. The number of nitrogens with one attached hydrogen (secondary N) is 2. The van der Waals surface area contributed by atoms with Crippen LogP contribution in [0.1, 0.15) is 17.0 Å². The van der Waals surface area contributed by atoms with Gasteiger partial charge in [-0.05, 0) is 19.4 Å². The van der Waals surface area contributed by atoms with Crippen molar-refractivity contribution in [3.63, 3.8) is 0 Å². The molecule has 0 aliphatic heterocycles. The first-order valence-electron chi connectivity index (χ1n) is 4.88. The zero-order valence-corrected chi connectivity index (χ0v) is 9.08. The Bertz CT molecular complexity index is 476. The van der Waals surface area contributed by atoms with Gasteiger partial charge >= 0.3 is 0 Å². The molecule has 6 heteroatoms. The van der Waals surface area contributed by atoms with Gasteiger partial charge in [-0.2, -0.15) is 5.10 Å². The first-order valence-corrected chi connectivity index (χ1v) is 4.88. The maximum Gasteiger partial charge on any atom is 0.223 e. The van der Waals surface area contributed by atoms with E-state index in [1.54, 1.807) is 0 Å². The number of anilines is 1. The summed E-state index contributed by atoms with van der Waals surface area (Å²) in [4.78, 5) is 7.59. The van der Waals surface area contributed by atoms with Crippen molar-refractivity contribution in [1.29, 1.82) is 0 Å². The zero-order chi connectivity index (χ0) is 11.5. The van der Waals surface area contributed by atoms with Gasteiger partial charge in [0.05, 0.1) is 24.6 Å². The fourth-order valence-corrected chi connectivity index (χ4v) is 1.27. The smallest absolute Gasteiger partial charge is 0.223 e. The number of hydrogen-bond donors (Lipinski definition) is 2. The number of aromatic amines is 1. The Morgan fingerprint density at radius 1 is 1.31 bits per heavy atom. The second kappa shape index (κ2) is 4.26. The number of halogens is 1. The van der Waals surface area contributed by atoms with E-state index in [0.29, 0.717) is 12.5 Å². The zero-order valence-electron chi connectivity index (χ0n) is 9.08. The highest BCUT2D eigenvalue weighted by Gasteiger charge is 2.05. The van der Waals surface area contributed by atoms with E-state index in [2.05, 4.69) is 25.5 Å². The minimum Gasteiger partial charge on any atom is -0.348 e. The van der Waals surface area contributed by atoms with Crippen LogP contribution in [0.4, 0.5) is 10.3 Å². The van der Waals surface area contributed by atoms with Gasteiger partial charge in [0.15, 0.2) is 5.82 Å². The molecular weight excluding hydrogens is 209 g/mol. The van der Waals surface area contributed by atoms with Gasteiger partial charge in [0, 0.05) is 5.69 Å². The van der Waals surface area contributed by atoms with Crippen LogP contribution in [0.3, 0.4) is 0 Å². The average molecular weight is 221 g/mol. The molecule has 2 rings (SSSR count). The number of nitrogens with zero attached hydrogens (tertiary/aromatic N) is 3. The lowest BCUT2D eigenvalue weighted by molar-refractivity contribution is 0.614. The lowest BCUT2D eigenvalue weighted by Crippen LogP contribution is -2.04. The number of aromatic nitrogens is 4. The number of H-pyrrole nitrogens is 1. The molecule has 0 unspecified atom stereocenters. The van der Waals surface area contributed by atoms with E-state index < -0.39 is 5.82 Å². The van der Waals surface area contributed by atoms with Gasteiger partial charge in [0.1, 0.15) is 0 Å². The summed E-state index contributed by atoms with van der Waals surface area (Å²) in [5.74, 6) is -0.0567. The fourth-order valence-electron chi connectivity index (χ4n) is 1.27. The molecule has 0 saturated carbocycles. The number of rotatable bonds is 3. The Balaban J connectivity index is 2.02. The third kappa shape index (κ3) is 2.16. The van der Waals surface area contributed by atoms with Gasteiger partial charge in [0.2, 0.25) is 5.95 Å². The van der Waals surface area contributed by atoms with Crippen molar-refractivity contribution in [1.82, 2.24) is 20.2 Å². The summed E-state index contributed by atoms with van der Waals surface area (Å²) in [5.41, 5.74) is 3.05. The van der Waals surface area contributed by atoms with Gasteiger partial charge in [-0.1, -0.05) is 0 Å². The number of aryl methyl sites for hydroxylation is 1. The van der Waals surface area contributed by atoms with Crippen LogP contribution in [0.5, 0.6) is 0 Å². The minimum absolute atomic E-state index is 0.390. The highest BCUT2D eigenvalue weighted by atomic mass is 19.1. The van der Waals surface area contributed by atoms with Crippen LogP contribution in [0.2, 0.25) is 0 Å². The molecule has 0 aliphatic rings. The highest BCUT2D eigenvalue weighted by Crippen LogP contribution is 2.09. The Morgan fingerprint density at radius 2 is 2.00 bits per heavy atom. The van der Waals surface area contributed by atoms with Gasteiger partial charge < -0.3 is 5.32 Å². The van der Waals surface area contributed by atoms with E-state index >= 15 is 0 Å². The van der Waals surface area contributed by atoms with Crippen molar-refractivity contribution in [3.05, 3.63) is 35.2 Å². The molecule has 0 radical (unpaired) electrons. The molecule has 0 amide bonds. The summed E-state index contributed by atoms with van der Waals surface area (Å²) in [5, 5.41) is 9.99. The van der Waals surface area contributed by atoms with Gasteiger partial charge in [-0.15, -0.1) is 0 Å². The van der Waals surface area contributed by atoms with Crippen molar-refractivity contribution in [2.45, 2.75) is 20.4 Å². The van der Waals surface area contributed by atoms with Gasteiger partial charge in [-0.3, -0.25) is 5.10 Å². The van der Waals surface area contributed by atoms with Crippen LogP contribution in [0.25, 0.3) is 0 Å². The van der Waals surface area contributed by atoms with Crippen molar-refractivity contribution in [3.8, 4) is 0 Å². The van der Waals surface area contributed by atoms with Crippen LogP contribution in [0.15, 0.2) is 12.4 Å². The topological polar surface area (TPSA) is 66.5 Å². The van der Waals surface area contributed by atoms with Crippen molar-refractivity contribution in [2.24, 2.45) is 0 Å². The predicted octanol–water partition coefficient (Wildman–Crippen LogP) is 1.57. The van der Waals surface area contributed by atoms with E-state index in [-0.39, 0.29) is 0 Å². The van der Waals surface area contributed by atoms with Gasteiger partial charge in [-0.25, -0.2) is 14.4 Å². The fraction of sp³-hybridized carbons (Fsp3) is 0.300. The molecule has 2 heterocycles. The van der Waals surface area contributed by atoms with E-state index in [0.717, 1.165) is 29.3 Å². The average Bonchev–Trinajstić information content (AvgIpc) is 2.60. The van der Waals surface area contributed by atoms with Crippen LogP contribution < -0.4 is 5.32 Å². The third-order valence-electron chi connectivity index (χ3n) is 2.39. The van der Waals surface area contributed by atoms with Gasteiger partial charge in [0.25, 0.3) is 0 Å². The van der Waals surface area contributed by atoms with Crippen molar-refractivity contribution in [2.75, 3.05) is 5.32 Å². The molecule has 0 aromatic carbocycles. The number of hydrogen-bond acceptors (Lipinski definition) is 4. The first-order chi connectivity index (χ1) is 7.66. The lowest BCUT2D eigenvalue weighted by Gasteiger charge is -2.02. The van der Waals surface area contributed by atoms with Crippen LogP contribution in [-0.2, 0) is 6.54 Å². The molecule has 2 aromatic heterocycles. The van der Waals surface area contributed by atoms with E-state index in [1.165, 1.54) is 0 Å². The van der Waals surface area contributed by atoms with Crippen LogP contribution in [0, 0.1) is 19.7 Å². The molecule has 0 bridgehead atoms. The van der Waals surface area contributed by atoms with E-state index in [9.17, 15) is 4.39 Å². The summed E-state index contributed by atoms with van der Waals surface area (Å²) in [6.45, 7) is 4.46. The van der Waals surface area contributed by atoms with Crippen molar-refractivity contribution >= 4 is 5.95 Å². The molecule has 0 spiro atoms. The summed E-state index contributed by atoms with van der Waals surface area (Å²) < 4.78 is 12.5. The molecule has 0 atom stereocenters. The lowest BCUT2D eigenvalue weighted by atomic mass is 10.2. The van der Waals surface area contributed by atoms with Crippen molar-refractivity contribution < 1.29 is 4.39 Å². The Morgan fingerprint density at radius 3 is 2.56 bits per heavy atom. The Kier molecular flexibility index (Phi) is 2.80. The maximum absolute atomic E-state index is 12.5. The SMILES string of the molecule is Cc1[nH]nc(CNc2ncc(F)cn2)c1C. The highest BCUT2D eigenvalue weighted by molar-refractivity contribution is 5.28. The summed E-state index contributed by atoms with van der Waals surface area (Å²) in [6.07, 6.45) is 2.25. The Hall–Kier alpha value is -1.98. The summed E-state index contributed by atoms with van der Waals surface area (Å²) in [6, 6.07) is 0. The Labute approximate surface area is 92.1 Å². The standard InChI is InChI=1S/C10H12FN5/c1-6-7(2)15-16-9(6)5-14-10-12-3-8(11)4-13-10/h3-4H,5H2,1-2H3,(H,15,16)(H,12,13,14). The molecule has 84 valence electrons. The minimum atomic E-state index is -0.447. The quantitative estimate of drug-likeness (QED) is 0.825. The first kappa shape index (κ1) is 10.5. The molecule has 16 heavy (non-hydrogen) atoms. The molecule has 0 aliphatic carbocycles. The molecule has 2 N–H and O–H groups in total. The second-order valence-corrected chi connectivity index (χ2v) is 3.50. The molecule has 0 fully saturated rings. The molecular formula is C10H12FN5. The predicted molar refractivity (Wildman–Crippen MR) is 57.4 cm³/mol. The normalized spacial score (nSPS) is 10.4. The molecule has 2 aromatic rings. The van der Waals surface area contributed by atoms with Crippen LogP contribution in [-0.4, -0.2) is 20.2 Å². The molecule has 5 nitrogen and oxygen atoms in total. The van der Waals surface area contributed by atoms with E-state index in [1.807, 2.05) is 13.8 Å². The monoisotopic (exact) mass is 221 g/mol. The van der Waals surface area contributed by atoms with E-state index in [4.69, 9.17) is 0 Å². The summed E-state index contributed by atoms with van der Waals surface area (Å²) in [7, 11) is 0.